The van der Waals surface area contributed by atoms with E-state index in [1.807, 2.05) is 0 Å². The lowest BCUT2D eigenvalue weighted by molar-refractivity contribution is -0.272. The normalized spacial score (nSPS) is 18.4. The number of rotatable bonds is 4. The molecule has 9 heteroatoms. The van der Waals surface area contributed by atoms with E-state index in [2.05, 4.69) is 5.32 Å². The molecule has 0 radical (unpaired) electrons. The van der Waals surface area contributed by atoms with Gasteiger partial charge in [0.15, 0.2) is 5.60 Å². The van der Waals surface area contributed by atoms with E-state index in [1.54, 1.807) is 4.90 Å². The van der Waals surface area contributed by atoms with Crippen LogP contribution in [0.3, 0.4) is 0 Å². The van der Waals surface area contributed by atoms with Crippen molar-refractivity contribution in [2.45, 2.75) is 31.0 Å². The number of halogens is 4. The Hall–Kier alpha value is -1.87. The summed E-state index contributed by atoms with van der Waals surface area (Å²) in [6, 6.07) is 3.78. The number of carbonyl (C=O) groups excluding carboxylic acids is 1. The van der Waals surface area contributed by atoms with Gasteiger partial charge in [-0.1, -0.05) is 0 Å². The average Bonchev–Trinajstić information content (AvgIpc) is 2.49. The molecule has 134 valence electrons. The number of hydrogen-bond donors (Lipinski definition) is 3. The summed E-state index contributed by atoms with van der Waals surface area (Å²) in [7, 11) is 0. The van der Waals surface area contributed by atoms with Crippen LogP contribution in [0.1, 0.15) is 19.3 Å². The number of anilines is 2. The first-order valence-corrected chi connectivity index (χ1v) is 7.47. The maximum atomic E-state index is 13.5. The third-order valence-electron chi connectivity index (χ3n) is 4.13. The Morgan fingerprint density at radius 1 is 1.33 bits per heavy atom. The lowest BCUT2D eigenvalue weighted by atomic mass is 9.91. The molecular weight excluding hydrogens is 330 g/mol. The number of carbonyl (C=O) groups is 1. The van der Waals surface area contributed by atoms with Crippen molar-refractivity contribution in [3.8, 4) is 0 Å². The van der Waals surface area contributed by atoms with Gasteiger partial charge in [-0.25, -0.2) is 4.39 Å². The summed E-state index contributed by atoms with van der Waals surface area (Å²) >= 11 is 0. The molecule has 0 unspecified atom stereocenters. The molecule has 1 aliphatic rings. The molecule has 1 aromatic rings. The molecule has 0 spiro atoms. The molecule has 5 nitrogen and oxygen atoms in total. The van der Waals surface area contributed by atoms with Crippen LogP contribution in [-0.2, 0) is 4.79 Å². The Morgan fingerprint density at radius 2 is 1.96 bits per heavy atom. The fraction of sp³-hybridized carbons (Fsp3) is 0.533. The Morgan fingerprint density at radius 3 is 2.54 bits per heavy atom. The predicted octanol–water partition coefficient (Wildman–Crippen LogP) is 2.13. The van der Waals surface area contributed by atoms with Gasteiger partial charge in [-0.05, 0) is 31.0 Å². The van der Waals surface area contributed by atoms with Crippen molar-refractivity contribution in [1.82, 2.24) is 4.90 Å². The molecule has 0 bridgehead atoms. The third-order valence-corrected chi connectivity index (χ3v) is 4.13. The topological polar surface area (TPSA) is 78.6 Å². The predicted molar refractivity (Wildman–Crippen MR) is 80.7 cm³/mol. The number of aliphatic hydroxyl groups is 1. The summed E-state index contributed by atoms with van der Waals surface area (Å²) in [5, 5.41) is 12.0. The first kappa shape index (κ1) is 18.5. The van der Waals surface area contributed by atoms with Gasteiger partial charge in [0.2, 0.25) is 5.91 Å². The zero-order valence-electron chi connectivity index (χ0n) is 12.9. The number of nitrogen functional groups attached to an aromatic ring is 1. The Kier molecular flexibility index (Phi) is 5.34. The number of benzene rings is 1. The van der Waals surface area contributed by atoms with Crippen LogP contribution in [-0.4, -0.2) is 47.3 Å². The molecule has 4 N–H and O–H groups in total. The highest BCUT2D eigenvalue weighted by Gasteiger charge is 2.54. The van der Waals surface area contributed by atoms with E-state index in [1.165, 1.54) is 12.1 Å². The smallest absolute Gasteiger partial charge is 0.399 e. The van der Waals surface area contributed by atoms with Gasteiger partial charge in [-0.3, -0.25) is 4.79 Å². The van der Waals surface area contributed by atoms with Crippen molar-refractivity contribution < 1.29 is 27.5 Å². The quantitative estimate of drug-likeness (QED) is 0.575. The second-order valence-electron chi connectivity index (χ2n) is 5.91. The number of amides is 1. The number of piperidine rings is 1. The molecule has 1 saturated heterocycles. The van der Waals surface area contributed by atoms with Gasteiger partial charge in [-0.15, -0.1) is 0 Å². The highest BCUT2D eigenvalue weighted by Crippen LogP contribution is 2.38. The van der Waals surface area contributed by atoms with Crippen LogP contribution in [0.25, 0.3) is 0 Å². The second kappa shape index (κ2) is 6.94. The fourth-order valence-corrected chi connectivity index (χ4v) is 2.54. The zero-order valence-corrected chi connectivity index (χ0v) is 12.9. The second-order valence-corrected chi connectivity index (χ2v) is 5.91. The van der Waals surface area contributed by atoms with Crippen LogP contribution in [0, 0.1) is 5.82 Å². The van der Waals surface area contributed by atoms with E-state index in [9.17, 15) is 27.5 Å². The summed E-state index contributed by atoms with van der Waals surface area (Å²) in [6.45, 7) is 0.301. The monoisotopic (exact) mass is 349 g/mol. The van der Waals surface area contributed by atoms with E-state index in [0.29, 0.717) is 5.69 Å². The van der Waals surface area contributed by atoms with Crippen LogP contribution in [0.4, 0.5) is 28.9 Å². The Balaban J connectivity index is 1.80. The molecule has 24 heavy (non-hydrogen) atoms. The lowest BCUT2D eigenvalue weighted by Gasteiger charge is -2.39. The number of likely N-dealkylation sites (tertiary alicyclic amines) is 1. The summed E-state index contributed by atoms with van der Waals surface area (Å²) in [4.78, 5) is 13.5. The van der Waals surface area contributed by atoms with Crippen LogP contribution in [0.2, 0.25) is 0 Å². The molecule has 0 aliphatic carbocycles. The van der Waals surface area contributed by atoms with Crippen molar-refractivity contribution in [2.24, 2.45) is 0 Å². The molecule has 1 fully saturated rings. The molecule has 1 aliphatic heterocycles. The number of nitrogens with zero attached hydrogens (tertiary/aromatic N) is 1. The molecule has 1 amide bonds. The molecular formula is C15H19F4N3O2. The number of hydrogen-bond acceptors (Lipinski definition) is 4. The minimum Gasteiger partial charge on any atom is -0.399 e. The minimum absolute atomic E-state index is 0.00130. The summed E-state index contributed by atoms with van der Waals surface area (Å²) in [5.74, 6) is -1.08. The van der Waals surface area contributed by atoms with Crippen molar-refractivity contribution in [3.63, 3.8) is 0 Å². The molecule has 0 saturated carbocycles. The van der Waals surface area contributed by atoms with E-state index in [0.717, 1.165) is 6.07 Å². The molecule has 1 aromatic carbocycles. The van der Waals surface area contributed by atoms with E-state index in [-0.39, 0.29) is 31.7 Å². The zero-order chi connectivity index (χ0) is 18.0. The molecule has 2 rings (SSSR count). The van der Waals surface area contributed by atoms with Crippen molar-refractivity contribution in [3.05, 3.63) is 24.0 Å². The summed E-state index contributed by atoms with van der Waals surface area (Å²) in [5.41, 5.74) is 3.12. The highest BCUT2D eigenvalue weighted by molar-refractivity contribution is 5.91. The standard InChI is InChI=1S/C15H19F4N3O2/c16-11-2-1-10(20)9-12(11)21-13(23)3-6-22-7-4-14(24,5-8-22)15(17,18)19/h1-2,9,24H,3-8,20H2,(H,21,23). The van der Waals surface area contributed by atoms with Gasteiger partial charge in [0.1, 0.15) is 5.82 Å². The van der Waals surface area contributed by atoms with Crippen LogP contribution >= 0.6 is 0 Å². The maximum Gasteiger partial charge on any atom is 0.417 e. The Labute approximate surface area is 136 Å². The van der Waals surface area contributed by atoms with Crippen LogP contribution < -0.4 is 11.1 Å². The van der Waals surface area contributed by atoms with Crippen molar-refractivity contribution >= 4 is 17.3 Å². The molecule has 1 heterocycles. The largest absolute Gasteiger partial charge is 0.417 e. The fourth-order valence-electron chi connectivity index (χ4n) is 2.54. The van der Waals surface area contributed by atoms with Gasteiger partial charge < -0.3 is 21.1 Å². The minimum atomic E-state index is -4.65. The van der Waals surface area contributed by atoms with Gasteiger partial charge in [0.25, 0.3) is 0 Å². The van der Waals surface area contributed by atoms with Crippen molar-refractivity contribution in [1.29, 1.82) is 0 Å². The lowest BCUT2D eigenvalue weighted by Crippen LogP contribution is -2.53. The van der Waals surface area contributed by atoms with E-state index < -0.39 is 36.3 Å². The van der Waals surface area contributed by atoms with Gasteiger partial charge in [0, 0.05) is 31.7 Å². The van der Waals surface area contributed by atoms with E-state index in [4.69, 9.17) is 5.73 Å². The summed E-state index contributed by atoms with van der Waals surface area (Å²) in [6.07, 6.45) is -5.51. The summed E-state index contributed by atoms with van der Waals surface area (Å²) < 4.78 is 51.6. The first-order chi connectivity index (χ1) is 11.1. The molecule has 0 atom stereocenters. The number of nitrogens with one attached hydrogen (secondary N) is 1. The average molecular weight is 349 g/mol. The van der Waals surface area contributed by atoms with Crippen LogP contribution in [0.5, 0.6) is 0 Å². The number of nitrogens with two attached hydrogens (primary N) is 1. The van der Waals surface area contributed by atoms with Gasteiger partial charge in [-0.2, -0.15) is 13.2 Å². The first-order valence-electron chi connectivity index (χ1n) is 7.47. The van der Waals surface area contributed by atoms with Crippen molar-refractivity contribution in [2.75, 3.05) is 30.7 Å². The highest BCUT2D eigenvalue weighted by atomic mass is 19.4. The van der Waals surface area contributed by atoms with Gasteiger partial charge >= 0.3 is 6.18 Å². The van der Waals surface area contributed by atoms with Gasteiger partial charge in [0.05, 0.1) is 5.69 Å². The van der Waals surface area contributed by atoms with E-state index >= 15 is 0 Å². The SMILES string of the molecule is Nc1ccc(F)c(NC(=O)CCN2CCC(O)(C(F)(F)F)CC2)c1. The molecule has 0 aromatic heterocycles. The Bertz CT molecular complexity index is 599. The van der Waals surface area contributed by atoms with Crippen LogP contribution in [0.15, 0.2) is 18.2 Å². The number of alkyl halides is 3. The maximum absolute atomic E-state index is 13.5. The third kappa shape index (κ3) is 4.35.